The Morgan fingerprint density at radius 3 is 2.68 bits per heavy atom. The summed E-state index contributed by atoms with van der Waals surface area (Å²) in [5, 5.41) is 14.8. The van der Waals surface area contributed by atoms with Crippen LogP contribution in [0.3, 0.4) is 0 Å². The van der Waals surface area contributed by atoms with Gasteiger partial charge in [0.25, 0.3) is 0 Å². The number of nitrogens with one attached hydrogen (secondary N) is 1. The van der Waals surface area contributed by atoms with Crippen LogP contribution in [-0.2, 0) is 9.53 Å². The van der Waals surface area contributed by atoms with Crippen molar-refractivity contribution in [3.63, 3.8) is 0 Å². The summed E-state index contributed by atoms with van der Waals surface area (Å²) in [7, 11) is 0. The molecule has 2 aromatic heterocycles. The molecule has 11 nitrogen and oxygen atoms in total. The van der Waals surface area contributed by atoms with Crippen LogP contribution in [0.15, 0.2) is 24.9 Å². The fraction of sp³-hybridized carbons (Fsp3) is 0.588. The maximum absolute atomic E-state index is 12.1. The number of benzene rings is 1. The lowest BCUT2D eigenvalue weighted by Gasteiger charge is -2.58. The summed E-state index contributed by atoms with van der Waals surface area (Å²) in [6, 6.07) is 2.24. The van der Waals surface area contributed by atoms with Crippen LogP contribution in [0.2, 0.25) is 10.0 Å². The van der Waals surface area contributed by atoms with E-state index in [0.717, 1.165) is 105 Å². The number of hydrogen-bond donors (Lipinski definition) is 1. The molecule has 4 saturated heterocycles. The van der Waals surface area contributed by atoms with Gasteiger partial charge in [0, 0.05) is 79.0 Å². The van der Waals surface area contributed by atoms with Crippen LogP contribution in [0.25, 0.3) is 22.0 Å². The van der Waals surface area contributed by atoms with Gasteiger partial charge in [0.1, 0.15) is 6.61 Å². The van der Waals surface area contributed by atoms with Gasteiger partial charge in [0.05, 0.1) is 33.8 Å². The molecule has 1 aromatic carbocycles. The molecule has 0 radical (unpaired) electrons. The summed E-state index contributed by atoms with van der Waals surface area (Å²) >= 11 is 13.8. The van der Waals surface area contributed by atoms with Gasteiger partial charge >= 0.3 is 6.09 Å². The molecule has 2 amide bonds. The molecule has 5 fully saturated rings. The standard InChI is InChI=1S/C34H42Cl2N8O3/c1-5-27(45)41-18-34(19-41)12-22(13-34)44-20(2)28(29-24-14-37-38-26(24)10-25(35)30(29)36)31(39-44)43-7-6-21(11-33(43,3)4)15-40-8-9-42-23(16-40)17-47-32(42)46/h5,10,14,21-23H,1,6-9,11-13,15-19H2,2-4H3,(H,37,38)/t21-,23+/m1/s1. The van der Waals surface area contributed by atoms with Crippen LogP contribution in [0.1, 0.15) is 51.3 Å². The monoisotopic (exact) mass is 680 g/mol. The number of aromatic nitrogens is 4. The van der Waals surface area contributed by atoms with Crippen molar-refractivity contribution in [2.75, 3.05) is 57.3 Å². The van der Waals surface area contributed by atoms with Gasteiger partial charge in [-0.05, 0) is 64.5 Å². The molecule has 13 heteroatoms. The normalized spacial score (nSPS) is 25.6. The molecule has 0 unspecified atom stereocenters. The van der Waals surface area contributed by atoms with Gasteiger partial charge in [0.15, 0.2) is 5.82 Å². The molecule has 8 rings (SSSR count). The second kappa shape index (κ2) is 11.1. The second-order valence-corrected chi connectivity index (χ2v) is 15.9. The third kappa shape index (κ3) is 5.03. The van der Waals surface area contributed by atoms with Gasteiger partial charge < -0.3 is 14.5 Å². The number of amides is 2. The van der Waals surface area contributed by atoms with Gasteiger partial charge in [-0.1, -0.05) is 29.8 Å². The minimum absolute atomic E-state index is 0.00851. The molecular formula is C34H42Cl2N8O3. The number of H-pyrrole nitrogens is 1. The number of ether oxygens (including phenoxy) is 1. The third-order valence-electron chi connectivity index (χ3n) is 11.5. The Bertz CT molecular complexity index is 1770. The first-order chi connectivity index (χ1) is 22.5. The van der Waals surface area contributed by atoms with Crippen LogP contribution in [0.5, 0.6) is 0 Å². The number of piperazine rings is 1. The van der Waals surface area contributed by atoms with Crippen molar-refractivity contribution >= 4 is 51.9 Å². The van der Waals surface area contributed by atoms with E-state index in [9.17, 15) is 9.59 Å². The van der Waals surface area contributed by atoms with Crippen molar-refractivity contribution in [1.29, 1.82) is 0 Å². The number of carbonyl (C=O) groups is 2. The van der Waals surface area contributed by atoms with Crippen LogP contribution in [0.4, 0.5) is 10.6 Å². The van der Waals surface area contributed by atoms with Crippen molar-refractivity contribution < 1.29 is 14.3 Å². The Labute approximate surface area is 284 Å². The van der Waals surface area contributed by atoms with Gasteiger partial charge in [-0.3, -0.25) is 24.4 Å². The van der Waals surface area contributed by atoms with Gasteiger partial charge in [0.2, 0.25) is 5.91 Å². The minimum atomic E-state index is -0.170. The molecule has 6 heterocycles. The second-order valence-electron chi connectivity index (χ2n) is 15.1. The van der Waals surface area contributed by atoms with Gasteiger partial charge in [-0.25, -0.2) is 4.79 Å². The Morgan fingerprint density at radius 2 is 1.94 bits per heavy atom. The molecule has 47 heavy (non-hydrogen) atoms. The van der Waals surface area contributed by atoms with E-state index < -0.39 is 0 Å². The van der Waals surface area contributed by atoms with E-state index in [1.54, 1.807) is 0 Å². The molecule has 1 aliphatic carbocycles. The van der Waals surface area contributed by atoms with Crippen molar-refractivity contribution in [1.82, 2.24) is 34.7 Å². The first-order valence-corrected chi connectivity index (χ1v) is 17.5. The van der Waals surface area contributed by atoms with Gasteiger partial charge in [-0.2, -0.15) is 10.2 Å². The number of nitrogens with zero attached hydrogens (tertiary/aromatic N) is 7. The average molecular weight is 682 g/mol. The van der Waals surface area contributed by atoms with E-state index in [1.165, 1.54) is 6.08 Å². The topological polar surface area (TPSA) is 103 Å². The van der Waals surface area contributed by atoms with Crippen LogP contribution >= 0.6 is 23.2 Å². The first-order valence-electron chi connectivity index (χ1n) is 16.7. The lowest BCUT2D eigenvalue weighted by atomic mass is 9.60. The van der Waals surface area contributed by atoms with Crippen molar-refractivity contribution in [2.45, 2.75) is 64.1 Å². The molecule has 0 bridgehead atoms. The van der Waals surface area contributed by atoms with E-state index >= 15 is 0 Å². The predicted octanol–water partition coefficient (Wildman–Crippen LogP) is 5.52. The lowest BCUT2D eigenvalue weighted by Crippen LogP contribution is -2.63. The highest BCUT2D eigenvalue weighted by Crippen LogP contribution is 2.56. The number of anilines is 1. The SMILES string of the molecule is C=CC(=O)N1CC2(CC(n3nc(N4CC[C@@H](CN5CCN6C(=O)OC[C@@H]6C5)CC4(C)C)c(-c4c(Cl)c(Cl)cc5[nH]ncc45)c3C)C2)C1. The number of piperidine rings is 1. The fourth-order valence-electron chi connectivity index (χ4n) is 9.20. The number of halogens is 2. The smallest absolute Gasteiger partial charge is 0.410 e. The van der Waals surface area contributed by atoms with Crippen molar-refractivity contribution in [3.05, 3.63) is 40.7 Å². The van der Waals surface area contributed by atoms with Crippen LogP contribution in [0, 0.1) is 18.3 Å². The van der Waals surface area contributed by atoms with E-state index in [1.807, 2.05) is 22.1 Å². The Kier molecular flexibility index (Phi) is 7.35. The van der Waals surface area contributed by atoms with E-state index in [-0.39, 0.29) is 35.0 Å². The minimum Gasteiger partial charge on any atom is -0.447 e. The lowest BCUT2D eigenvalue weighted by molar-refractivity contribution is -0.149. The number of likely N-dealkylation sites (tertiary alicyclic amines) is 1. The summed E-state index contributed by atoms with van der Waals surface area (Å²) in [4.78, 5) is 32.9. The highest BCUT2D eigenvalue weighted by molar-refractivity contribution is 6.45. The molecule has 250 valence electrons. The largest absolute Gasteiger partial charge is 0.447 e. The molecule has 2 atom stereocenters. The zero-order valence-corrected chi connectivity index (χ0v) is 28.8. The number of carbonyl (C=O) groups excluding carboxylic acids is 2. The Morgan fingerprint density at radius 1 is 1.15 bits per heavy atom. The Hall–Kier alpha value is -3.28. The number of hydrogen-bond acceptors (Lipinski definition) is 7. The van der Waals surface area contributed by atoms with Crippen LogP contribution in [-0.4, -0.2) is 111 Å². The summed E-state index contributed by atoms with van der Waals surface area (Å²) < 4.78 is 7.51. The predicted molar refractivity (Wildman–Crippen MR) is 182 cm³/mol. The van der Waals surface area contributed by atoms with Gasteiger partial charge in [-0.15, -0.1) is 0 Å². The zero-order valence-electron chi connectivity index (χ0n) is 27.3. The van der Waals surface area contributed by atoms with Crippen molar-refractivity contribution in [3.8, 4) is 11.1 Å². The highest BCUT2D eigenvalue weighted by atomic mass is 35.5. The van der Waals surface area contributed by atoms with E-state index in [2.05, 4.69) is 52.0 Å². The highest BCUT2D eigenvalue weighted by Gasteiger charge is 2.55. The average Bonchev–Trinajstić information content (AvgIpc) is 3.69. The maximum atomic E-state index is 12.1. The summed E-state index contributed by atoms with van der Waals surface area (Å²) in [5.41, 5.74) is 3.77. The van der Waals surface area contributed by atoms with E-state index in [0.29, 0.717) is 22.6 Å². The fourth-order valence-corrected chi connectivity index (χ4v) is 9.66. The molecule has 1 spiro atoms. The molecule has 1 saturated carbocycles. The summed E-state index contributed by atoms with van der Waals surface area (Å²) in [5.74, 6) is 1.47. The molecule has 3 aromatic rings. The molecular weight excluding hydrogens is 639 g/mol. The molecule has 4 aliphatic heterocycles. The van der Waals surface area contributed by atoms with Crippen LogP contribution < -0.4 is 4.90 Å². The number of aromatic amines is 1. The van der Waals surface area contributed by atoms with Crippen molar-refractivity contribution in [2.24, 2.45) is 11.3 Å². The quantitative estimate of drug-likeness (QED) is 0.342. The summed E-state index contributed by atoms with van der Waals surface area (Å²) in [6.45, 7) is 16.9. The number of rotatable bonds is 6. The maximum Gasteiger partial charge on any atom is 0.410 e. The summed E-state index contributed by atoms with van der Waals surface area (Å²) in [6.07, 6.45) is 7.08. The third-order valence-corrected chi connectivity index (χ3v) is 12.3. The molecule has 5 aliphatic rings. The van der Waals surface area contributed by atoms with E-state index in [4.69, 9.17) is 33.0 Å². The number of cyclic esters (lactones) is 1. The first kappa shape index (κ1) is 31.0. The Balaban J connectivity index is 1.09. The molecule has 1 N–H and O–H groups in total. The zero-order chi connectivity index (χ0) is 32.8. The number of fused-ring (bicyclic) bond motifs is 2.